The van der Waals surface area contributed by atoms with E-state index in [-0.39, 0.29) is 22.9 Å². The Bertz CT molecular complexity index is 1350. The molecule has 6 atom stereocenters. The number of anilines is 2. The minimum absolute atomic E-state index is 0.0431. The fraction of sp³-hybridized carbons (Fsp3) is 0.593. The maximum Gasteiger partial charge on any atom is 0.270 e. The lowest BCUT2D eigenvalue weighted by atomic mass is 9.52. The van der Waals surface area contributed by atoms with E-state index in [1.165, 1.54) is 12.1 Å². The molecule has 1 aromatic carbocycles. The van der Waals surface area contributed by atoms with E-state index in [1.807, 2.05) is 16.7 Å². The van der Waals surface area contributed by atoms with E-state index in [2.05, 4.69) is 15.3 Å². The lowest BCUT2D eigenvalue weighted by Gasteiger charge is -2.58. The number of aliphatic hydroxyl groups is 1. The van der Waals surface area contributed by atoms with Gasteiger partial charge in [-0.3, -0.25) is 4.79 Å². The number of rotatable bonds is 5. The number of nitrogens with zero attached hydrogens (tertiary/aromatic N) is 4. The number of amides is 1. The van der Waals surface area contributed by atoms with Crippen LogP contribution in [0.3, 0.4) is 0 Å². The van der Waals surface area contributed by atoms with Gasteiger partial charge in [0.05, 0.1) is 16.2 Å². The summed E-state index contributed by atoms with van der Waals surface area (Å²) in [7, 11) is -3.48. The first-order valence-corrected chi connectivity index (χ1v) is 15.3. The summed E-state index contributed by atoms with van der Waals surface area (Å²) in [5.41, 5.74) is 0.134. The number of aromatic nitrogens is 2. The van der Waals surface area contributed by atoms with Gasteiger partial charge in [-0.1, -0.05) is 0 Å². The summed E-state index contributed by atoms with van der Waals surface area (Å²) >= 11 is 0. The molecule has 38 heavy (non-hydrogen) atoms. The van der Waals surface area contributed by atoms with Crippen LogP contribution in [0.4, 0.5) is 16.0 Å². The second-order valence-corrected chi connectivity index (χ2v) is 13.8. The van der Waals surface area contributed by atoms with E-state index in [4.69, 9.17) is 0 Å². The van der Waals surface area contributed by atoms with Crippen molar-refractivity contribution in [1.82, 2.24) is 15.3 Å². The van der Waals surface area contributed by atoms with Crippen LogP contribution in [0.1, 0.15) is 49.5 Å². The Hall–Kier alpha value is -2.79. The van der Waals surface area contributed by atoms with Crippen LogP contribution >= 0.6 is 0 Å². The van der Waals surface area contributed by atoms with E-state index in [0.717, 1.165) is 44.4 Å². The fourth-order valence-electron chi connectivity index (χ4n) is 7.50. The minimum atomic E-state index is -3.48. The maximum atomic E-state index is 14.8. The quantitative estimate of drug-likeness (QED) is 0.591. The first-order chi connectivity index (χ1) is 18.0. The Kier molecular flexibility index (Phi) is 6.14. The molecule has 4 aliphatic carbocycles. The van der Waals surface area contributed by atoms with E-state index < -0.39 is 21.3 Å². The van der Waals surface area contributed by atoms with Gasteiger partial charge < -0.3 is 20.2 Å². The zero-order valence-corrected chi connectivity index (χ0v) is 22.5. The second-order valence-electron chi connectivity index (χ2n) is 11.8. The molecule has 5 fully saturated rings. The molecular formula is C27H34FN5O4S. The van der Waals surface area contributed by atoms with Crippen LogP contribution in [0, 0.1) is 23.6 Å². The number of piperazine rings is 1. The van der Waals surface area contributed by atoms with Crippen LogP contribution in [-0.2, 0) is 9.84 Å². The normalized spacial score (nSPS) is 32.5. The van der Waals surface area contributed by atoms with E-state index >= 15 is 0 Å². The van der Waals surface area contributed by atoms with Gasteiger partial charge >= 0.3 is 0 Å². The van der Waals surface area contributed by atoms with Crippen LogP contribution < -0.4 is 15.1 Å². The highest BCUT2D eigenvalue weighted by atomic mass is 32.2. The van der Waals surface area contributed by atoms with E-state index in [1.54, 1.807) is 12.3 Å². The van der Waals surface area contributed by atoms with E-state index in [0.29, 0.717) is 54.7 Å². The third-order valence-corrected chi connectivity index (χ3v) is 10.1. The molecule has 0 spiro atoms. The van der Waals surface area contributed by atoms with Gasteiger partial charge in [-0.25, -0.2) is 22.8 Å². The average Bonchev–Trinajstić information content (AvgIpc) is 2.84. The molecular weight excluding hydrogens is 509 g/mol. The van der Waals surface area contributed by atoms with Crippen LogP contribution in [0.2, 0.25) is 0 Å². The van der Waals surface area contributed by atoms with Crippen molar-refractivity contribution >= 4 is 27.4 Å². The van der Waals surface area contributed by atoms with Crippen molar-refractivity contribution in [3.05, 3.63) is 42.0 Å². The summed E-state index contributed by atoms with van der Waals surface area (Å²) in [5.74, 6) is 0.880. The maximum absolute atomic E-state index is 14.8. The largest absolute Gasteiger partial charge is 0.390 e. The standard InChI is InChI=1S/C27H34FN5O4S/c1-16-15-32(23-4-3-20(11-21(23)28)38(2,36)37)7-8-33(16)26-29-6-5-22(30-26)25(34)31-24-18-9-17-10-19(24)14-27(35,12-17)13-18/h3-6,11,16-19,24,35H,7-10,12-15H2,1-2H3,(H,31,34)/t16-,17-,18-,19+,24-,27-/m1/s1. The van der Waals surface area contributed by atoms with Crippen LogP contribution in [-0.4, -0.2) is 73.0 Å². The number of hydrogen-bond donors (Lipinski definition) is 2. The van der Waals surface area contributed by atoms with Gasteiger partial charge in [0.1, 0.15) is 11.5 Å². The fourth-order valence-corrected chi connectivity index (χ4v) is 8.14. The Labute approximate surface area is 222 Å². The molecule has 2 aromatic rings. The molecule has 7 rings (SSSR count). The molecule has 0 radical (unpaired) electrons. The van der Waals surface area contributed by atoms with Crippen molar-refractivity contribution in [3.8, 4) is 0 Å². The first kappa shape index (κ1) is 25.5. The molecule has 4 saturated carbocycles. The molecule has 4 bridgehead atoms. The van der Waals surface area contributed by atoms with Crippen molar-refractivity contribution in [2.45, 2.75) is 61.6 Å². The summed E-state index contributed by atoms with van der Waals surface area (Å²) in [6.07, 6.45) is 7.22. The van der Waals surface area contributed by atoms with Crippen molar-refractivity contribution in [2.24, 2.45) is 17.8 Å². The number of carbonyl (C=O) groups excluding carboxylic acids is 1. The second kappa shape index (κ2) is 9.15. The summed E-state index contributed by atoms with van der Waals surface area (Å²) in [4.78, 5) is 26.1. The smallest absolute Gasteiger partial charge is 0.270 e. The Morgan fingerprint density at radius 3 is 2.53 bits per heavy atom. The molecule has 2 N–H and O–H groups in total. The van der Waals surface area contributed by atoms with E-state index in [9.17, 15) is 22.7 Å². The summed E-state index contributed by atoms with van der Waals surface area (Å²) in [6.45, 7) is 3.50. The van der Waals surface area contributed by atoms with Gasteiger partial charge in [0.15, 0.2) is 9.84 Å². The number of hydrogen-bond acceptors (Lipinski definition) is 8. The van der Waals surface area contributed by atoms with Gasteiger partial charge in [-0.2, -0.15) is 0 Å². The van der Waals surface area contributed by atoms with Crippen molar-refractivity contribution < 1.29 is 22.7 Å². The van der Waals surface area contributed by atoms with Crippen LogP contribution in [0.5, 0.6) is 0 Å². The van der Waals surface area contributed by atoms with Crippen LogP contribution in [0.15, 0.2) is 35.4 Å². The monoisotopic (exact) mass is 543 g/mol. The molecule has 5 aliphatic rings. The number of nitrogens with one attached hydrogen (secondary N) is 1. The highest BCUT2D eigenvalue weighted by Crippen LogP contribution is 2.55. The van der Waals surface area contributed by atoms with Gasteiger partial charge in [0.2, 0.25) is 5.95 Å². The highest BCUT2D eigenvalue weighted by molar-refractivity contribution is 7.90. The SMILES string of the molecule is C[C@@H]1CN(c2ccc(S(C)(=O)=O)cc2F)CCN1c1nccc(C(=O)N[C@@H]2[C@@H]3C[C@@H]4C[C@H]2C[C@@](O)(C4)C3)n1. The number of sulfone groups is 1. The summed E-state index contributed by atoms with van der Waals surface area (Å²) in [5, 5.41) is 14.1. The predicted molar refractivity (Wildman–Crippen MR) is 140 cm³/mol. The van der Waals surface area contributed by atoms with Crippen molar-refractivity contribution in [1.29, 1.82) is 0 Å². The lowest BCUT2D eigenvalue weighted by Crippen LogP contribution is -2.61. The Balaban J connectivity index is 1.13. The van der Waals surface area contributed by atoms with Crippen LogP contribution in [0.25, 0.3) is 0 Å². The van der Waals surface area contributed by atoms with Gasteiger partial charge in [-0.05, 0) is 81.0 Å². The zero-order valence-electron chi connectivity index (χ0n) is 21.7. The third kappa shape index (κ3) is 4.64. The first-order valence-electron chi connectivity index (χ1n) is 13.4. The minimum Gasteiger partial charge on any atom is -0.390 e. The highest BCUT2D eigenvalue weighted by Gasteiger charge is 2.55. The Morgan fingerprint density at radius 2 is 1.89 bits per heavy atom. The Morgan fingerprint density at radius 1 is 1.16 bits per heavy atom. The molecule has 9 nitrogen and oxygen atoms in total. The molecule has 1 saturated heterocycles. The molecule has 204 valence electrons. The molecule has 0 unspecified atom stereocenters. The zero-order chi connectivity index (χ0) is 26.8. The van der Waals surface area contributed by atoms with Crippen molar-refractivity contribution in [3.63, 3.8) is 0 Å². The van der Waals surface area contributed by atoms with Crippen molar-refractivity contribution in [2.75, 3.05) is 35.7 Å². The lowest BCUT2D eigenvalue weighted by molar-refractivity contribution is -0.136. The van der Waals surface area contributed by atoms with Gasteiger partial charge in [0.25, 0.3) is 5.91 Å². The molecule has 2 heterocycles. The molecule has 1 aliphatic heterocycles. The molecule has 1 amide bonds. The predicted octanol–water partition coefficient (Wildman–Crippen LogP) is 2.40. The van der Waals surface area contributed by atoms with Gasteiger partial charge in [0, 0.05) is 44.2 Å². The van der Waals surface area contributed by atoms with Gasteiger partial charge in [-0.15, -0.1) is 0 Å². The number of benzene rings is 1. The number of carbonyl (C=O) groups is 1. The number of halogens is 1. The molecule has 11 heteroatoms. The summed E-state index contributed by atoms with van der Waals surface area (Å²) in [6, 6.07) is 5.64. The topological polar surface area (TPSA) is 116 Å². The molecule has 1 aromatic heterocycles. The third-order valence-electron chi connectivity index (χ3n) is 8.99. The summed E-state index contributed by atoms with van der Waals surface area (Å²) < 4.78 is 38.3. The average molecular weight is 544 g/mol.